The third-order valence-corrected chi connectivity index (χ3v) is 6.37. The van der Waals surface area contributed by atoms with Crippen LogP contribution in [0.1, 0.15) is 5.56 Å². The van der Waals surface area contributed by atoms with E-state index in [1.807, 2.05) is 24.3 Å². The Morgan fingerprint density at radius 1 is 0.923 bits per heavy atom. The Hall–Kier alpha value is -4.45. The van der Waals surface area contributed by atoms with Gasteiger partial charge in [-0.3, -0.25) is 0 Å². The van der Waals surface area contributed by atoms with Crippen LogP contribution in [0.5, 0.6) is 11.8 Å². The van der Waals surface area contributed by atoms with Gasteiger partial charge in [0.1, 0.15) is 18.2 Å². The van der Waals surface area contributed by atoms with E-state index >= 15 is 0 Å². The van der Waals surface area contributed by atoms with Crippen LogP contribution in [0.15, 0.2) is 97.1 Å². The van der Waals surface area contributed by atoms with Crippen molar-refractivity contribution in [2.45, 2.75) is 6.61 Å². The van der Waals surface area contributed by atoms with Crippen molar-refractivity contribution >= 4 is 40.0 Å². The molecule has 4 aromatic carbocycles. The molecule has 0 fully saturated rings. The molecule has 0 aliphatic rings. The number of rotatable bonds is 8. The number of anilines is 2. The van der Waals surface area contributed by atoms with Crippen molar-refractivity contribution in [1.82, 2.24) is 14.8 Å². The molecule has 196 valence electrons. The molecule has 0 spiro atoms. The molecule has 0 saturated heterocycles. The number of urea groups is 1. The first-order valence-corrected chi connectivity index (χ1v) is 13.0. The minimum Gasteiger partial charge on any atom is -0.497 e. The monoisotopic (exact) mass is 635 g/mol. The zero-order valence-corrected chi connectivity index (χ0v) is 22.9. The van der Waals surface area contributed by atoms with E-state index in [4.69, 9.17) is 9.47 Å². The lowest BCUT2D eigenvalue weighted by molar-refractivity contribution is 0.262. The lowest BCUT2D eigenvalue weighted by Crippen LogP contribution is -2.19. The average molecular weight is 635 g/mol. The standard InChI is InChI=1S/C29H23FIN5O3/c1-38-26-7-3-6-24(17-26)33-28(37)32-23-12-14-25(15-13-23)36-27(20-4-2-5-21(30)16-20)34-29(35-36)39-18-19-8-10-22(31)11-9-19/h2-17H,18H2,1H3,(H2,32,33,37). The van der Waals surface area contributed by atoms with Gasteiger partial charge in [-0.05, 0) is 88.8 Å². The van der Waals surface area contributed by atoms with Crippen LogP contribution in [0.3, 0.4) is 0 Å². The molecular weight excluding hydrogens is 612 g/mol. The molecule has 0 unspecified atom stereocenters. The second kappa shape index (κ2) is 11.9. The van der Waals surface area contributed by atoms with Crippen molar-refractivity contribution in [3.05, 3.63) is 112 Å². The summed E-state index contributed by atoms with van der Waals surface area (Å²) in [5.41, 5.74) is 3.35. The zero-order chi connectivity index (χ0) is 27.2. The first kappa shape index (κ1) is 26.2. The number of hydrogen-bond donors (Lipinski definition) is 2. The van der Waals surface area contributed by atoms with Gasteiger partial charge in [0, 0.05) is 26.6 Å². The highest BCUT2D eigenvalue weighted by Gasteiger charge is 2.16. The molecule has 8 nitrogen and oxygen atoms in total. The summed E-state index contributed by atoms with van der Waals surface area (Å²) in [7, 11) is 1.56. The fourth-order valence-corrected chi connectivity index (χ4v) is 4.12. The Balaban J connectivity index is 1.35. The Bertz CT molecular complexity index is 1590. The number of nitrogens with zero attached hydrogens (tertiary/aromatic N) is 3. The van der Waals surface area contributed by atoms with Gasteiger partial charge < -0.3 is 20.1 Å². The van der Waals surface area contributed by atoms with Gasteiger partial charge in [0.05, 0.1) is 12.8 Å². The highest BCUT2D eigenvalue weighted by molar-refractivity contribution is 14.1. The maximum Gasteiger partial charge on any atom is 0.336 e. The molecule has 1 aromatic heterocycles. The molecule has 39 heavy (non-hydrogen) atoms. The van der Waals surface area contributed by atoms with Crippen molar-refractivity contribution in [2.75, 3.05) is 17.7 Å². The lowest BCUT2D eigenvalue weighted by Gasteiger charge is -2.10. The quantitative estimate of drug-likeness (QED) is 0.181. The summed E-state index contributed by atoms with van der Waals surface area (Å²) in [6.45, 7) is 0.286. The molecule has 0 radical (unpaired) electrons. The van der Waals surface area contributed by atoms with E-state index in [-0.39, 0.29) is 18.4 Å². The summed E-state index contributed by atoms with van der Waals surface area (Å²) in [6.07, 6.45) is 0. The third-order valence-electron chi connectivity index (χ3n) is 5.65. The van der Waals surface area contributed by atoms with Crippen LogP contribution < -0.4 is 20.1 Å². The molecule has 0 bridgehead atoms. The number of ether oxygens (including phenoxy) is 2. The van der Waals surface area contributed by atoms with Gasteiger partial charge in [-0.2, -0.15) is 4.98 Å². The summed E-state index contributed by atoms with van der Waals surface area (Å²) >= 11 is 2.24. The average Bonchev–Trinajstić information content (AvgIpc) is 3.37. The van der Waals surface area contributed by atoms with Gasteiger partial charge in [-0.25, -0.2) is 13.9 Å². The highest BCUT2D eigenvalue weighted by Crippen LogP contribution is 2.26. The van der Waals surface area contributed by atoms with Crippen LogP contribution in [0.4, 0.5) is 20.6 Å². The SMILES string of the molecule is COc1cccc(NC(=O)Nc2ccc(-n3nc(OCc4ccc(I)cc4)nc3-c3cccc(F)c3)cc2)c1. The molecule has 0 aliphatic heterocycles. The van der Waals surface area contributed by atoms with E-state index in [1.165, 1.54) is 12.1 Å². The number of benzene rings is 4. The maximum atomic E-state index is 14.0. The first-order chi connectivity index (χ1) is 19.0. The van der Waals surface area contributed by atoms with Crippen LogP contribution in [0, 0.1) is 9.39 Å². The normalized spacial score (nSPS) is 10.6. The molecule has 5 rings (SSSR count). The second-order valence-corrected chi connectivity index (χ2v) is 9.66. The van der Waals surface area contributed by atoms with Crippen LogP contribution in [0.25, 0.3) is 17.1 Å². The predicted octanol–water partition coefficient (Wildman–Crippen LogP) is 6.91. The Kier molecular flexibility index (Phi) is 8.02. The fraction of sp³-hybridized carbons (Fsp3) is 0.0690. The molecule has 0 aliphatic carbocycles. The van der Waals surface area contributed by atoms with Gasteiger partial charge >= 0.3 is 12.0 Å². The molecular formula is C29H23FIN5O3. The number of aromatic nitrogens is 3. The van der Waals surface area contributed by atoms with Crippen LogP contribution in [0.2, 0.25) is 0 Å². The van der Waals surface area contributed by atoms with Gasteiger partial charge in [-0.1, -0.05) is 30.3 Å². The summed E-state index contributed by atoms with van der Waals surface area (Å²) in [5.74, 6) is 0.676. The third kappa shape index (κ3) is 6.71. The largest absolute Gasteiger partial charge is 0.497 e. The lowest BCUT2D eigenvalue weighted by atomic mass is 10.2. The summed E-state index contributed by atoms with van der Waals surface area (Å²) in [5, 5.41) is 10.1. The minimum atomic E-state index is -0.400. The van der Waals surface area contributed by atoms with Gasteiger partial charge in [0.25, 0.3) is 0 Å². The van der Waals surface area contributed by atoms with E-state index in [0.717, 1.165) is 9.13 Å². The van der Waals surface area contributed by atoms with E-state index in [2.05, 4.69) is 43.3 Å². The summed E-state index contributed by atoms with van der Waals surface area (Å²) in [6, 6.07) is 27.9. The Morgan fingerprint density at radius 3 is 2.41 bits per heavy atom. The minimum absolute atomic E-state index is 0.160. The van der Waals surface area contributed by atoms with Crippen molar-refractivity contribution in [2.24, 2.45) is 0 Å². The van der Waals surface area contributed by atoms with Crippen molar-refractivity contribution < 1.29 is 18.7 Å². The van der Waals surface area contributed by atoms with Crippen LogP contribution >= 0.6 is 22.6 Å². The number of halogens is 2. The van der Waals surface area contributed by atoms with Crippen LogP contribution in [-0.2, 0) is 6.61 Å². The van der Waals surface area contributed by atoms with Gasteiger partial charge in [0.15, 0.2) is 5.82 Å². The van der Waals surface area contributed by atoms with Gasteiger partial charge in [0.2, 0.25) is 0 Å². The predicted molar refractivity (Wildman–Crippen MR) is 156 cm³/mol. The molecule has 1 heterocycles. The smallest absolute Gasteiger partial charge is 0.336 e. The summed E-state index contributed by atoms with van der Waals surface area (Å²) < 4.78 is 27.8. The molecule has 10 heteroatoms. The highest BCUT2D eigenvalue weighted by atomic mass is 127. The van der Waals surface area contributed by atoms with Crippen molar-refractivity contribution in [3.63, 3.8) is 0 Å². The number of methoxy groups -OCH3 is 1. The number of carbonyl (C=O) groups excluding carboxylic acids is 1. The second-order valence-electron chi connectivity index (χ2n) is 8.41. The van der Waals surface area contributed by atoms with E-state index in [1.54, 1.807) is 72.5 Å². The van der Waals surface area contributed by atoms with Gasteiger partial charge in [-0.15, -0.1) is 5.10 Å². The van der Waals surface area contributed by atoms with E-state index < -0.39 is 6.03 Å². The zero-order valence-electron chi connectivity index (χ0n) is 20.8. The summed E-state index contributed by atoms with van der Waals surface area (Å²) in [4.78, 5) is 17.0. The van der Waals surface area contributed by atoms with Crippen molar-refractivity contribution in [1.29, 1.82) is 0 Å². The van der Waals surface area contributed by atoms with Crippen molar-refractivity contribution in [3.8, 4) is 28.8 Å². The van der Waals surface area contributed by atoms with E-state index in [9.17, 15) is 9.18 Å². The fourth-order valence-electron chi connectivity index (χ4n) is 3.76. The molecule has 2 amide bonds. The molecule has 5 aromatic rings. The Labute approximate surface area is 237 Å². The maximum absolute atomic E-state index is 14.0. The number of nitrogens with one attached hydrogen (secondary N) is 2. The number of hydrogen-bond acceptors (Lipinski definition) is 5. The van der Waals surface area contributed by atoms with Crippen LogP contribution in [-0.4, -0.2) is 27.9 Å². The number of carbonyl (C=O) groups is 1. The topological polar surface area (TPSA) is 90.3 Å². The van der Waals surface area contributed by atoms with E-state index in [0.29, 0.717) is 34.2 Å². The first-order valence-electron chi connectivity index (χ1n) is 11.9. The molecule has 2 N–H and O–H groups in total. The molecule has 0 saturated carbocycles. The Morgan fingerprint density at radius 2 is 1.67 bits per heavy atom. The molecule has 0 atom stereocenters. The number of amides is 2.